The molecule has 0 saturated heterocycles. The third-order valence-corrected chi connectivity index (χ3v) is 2.53. The number of carboxylic acid groups (broad SMARTS) is 1. The average Bonchev–Trinajstić information content (AvgIpc) is 2.44. The molecule has 22 heavy (non-hydrogen) atoms. The van der Waals surface area contributed by atoms with Gasteiger partial charge in [-0.05, 0) is 23.6 Å². The number of carbonyl (C=O) groups is 2. The predicted octanol–water partition coefficient (Wildman–Crippen LogP) is 2.27. The highest BCUT2D eigenvalue weighted by Gasteiger charge is 2.17. The number of benzene rings is 1. The molecule has 0 saturated carbocycles. The molecule has 1 amide bonds. The van der Waals surface area contributed by atoms with E-state index in [1.165, 1.54) is 24.3 Å². The van der Waals surface area contributed by atoms with Crippen LogP contribution in [0.25, 0.3) is 0 Å². The van der Waals surface area contributed by atoms with Gasteiger partial charge in [0.25, 0.3) is 5.91 Å². The van der Waals surface area contributed by atoms with Gasteiger partial charge in [-0.2, -0.15) is 0 Å². The maximum absolute atomic E-state index is 12.9. The van der Waals surface area contributed by atoms with Crippen LogP contribution in [-0.4, -0.2) is 33.8 Å². The number of aliphatic hydroxyl groups excluding tert-OH is 1. The van der Waals surface area contributed by atoms with Gasteiger partial charge in [0.2, 0.25) is 5.76 Å². The molecule has 0 aliphatic carbocycles. The summed E-state index contributed by atoms with van der Waals surface area (Å²) in [7, 11) is 0. The molecular formula is C15H18FNO5. The van der Waals surface area contributed by atoms with E-state index in [0.29, 0.717) is 11.6 Å². The third-order valence-electron chi connectivity index (χ3n) is 2.53. The number of nitrogens with zero attached hydrogens (tertiary/aromatic N) is 1. The highest BCUT2D eigenvalue weighted by molar-refractivity contribution is 5.95. The van der Waals surface area contributed by atoms with Gasteiger partial charge in [-0.15, -0.1) is 0 Å². The lowest BCUT2D eigenvalue weighted by Gasteiger charge is -2.21. The van der Waals surface area contributed by atoms with E-state index in [-0.39, 0.29) is 19.1 Å². The number of hydrogen-bond acceptors (Lipinski definition) is 4. The molecular weight excluding hydrogens is 293 g/mol. The van der Waals surface area contributed by atoms with Gasteiger partial charge < -0.3 is 10.2 Å². The Morgan fingerprint density at radius 3 is 2.36 bits per heavy atom. The standard InChI is InChI=1S/C15H18FNO5/c1-10(2)9-22-17(14(19)7-13(18)15(20)21)8-11-3-5-12(16)6-4-11/h3-7,10,18H,8-9H2,1-2H3,(H,20,21)/b13-7-. The van der Waals surface area contributed by atoms with Gasteiger partial charge in [0, 0.05) is 0 Å². The van der Waals surface area contributed by atoms with Gasteiger partial charge in [0.15, 0.2) is 0 Å². The summed E-state index contributed by atoms with van der Waals surface area (Å²) in [5, 5.41) is 18.6. The zero-order valence-electron chi connectivity index (χ0n) is 12.3. The Balaban J connectivity index is 2.87. The fraction of sp³-hybridized carbons (Fsp3) is 0.333. The minimum absolute atomic E-state index is 0.00473. The van der Waals surface area contributed by atoms with E-state index in [4.69, 9.17) is 15.1 Å². The topological polar surface area (TPSA) is 87.1 Å². The number of hydrogen-bond donors (Lipinski definition) is 2. The summed E-state index contributed by atoms with van der Waals surface area (Å²) in [6.45, 7) is 3.99. The third kappa shape index (κ3) is 5.92. The van der Waals surface area contributed by atoms with Crippen molar-refractivity contribution in [3.63, 3.8) is 0 Å². The molecule has 120 valence electrons. The van der Waals surface area contributed by atoms with E-state index in [0.717, 1.165) is 5.06 Å². The minimum atomic E-state index is -1.61. The SMILES string of the molecule is CC(C)CON(Cc1ccc(F)cc1)C(=O)/C=C(\O)C(=O)O. The van der Waals surface area contributed by atoms with Crippen molar-refractivity contribution in [1.29, 1.82) is 0 Å². The summed E-state index contributed by atoms with van der Waals surface area (Å²) in [5.74, 6) is -3.78. The predicted molar refractivity (Wildman–Crippen MR) is 76.1 cm³/mol. The molecule has 1 aromatic rings. The van der Waals surface area contributed by atoms with E-state index in [2.05, 4.69) is 0 Å². The van der Waals surface area contributed by atoms with Crippen LogP contribution in [0.5, 0.6) is 0 Å². The molecule has 1 aromatic carbocycles. The lowest BCUT2D eigenvalue weighted by molar-refractivity contribution is -0.188. The van der Waals surface area contributed by atoms with Crippen LogP contribution in [0.15, 0.2) is 36.1 Å². The number of rotatable bonds is 7. The van der Waals surface area contributed by atoms with Gasteiger partial charge in [-0.1, -0.05) is 26.0 Å². The molecule has 0 spiro atoms. The molecule has 0 aliphatic heterocycles. The van der Waals surface area contributed by atoms with Crippen molar-refractivity contribution in [3.8, 4) is 0 Å². The van der Waals surface area contributed by atoms with Crippen molar-refractivity contribution in [2.24, 2.45) is 5.92 Å². The zero-order valence-corrected chi connectivity index (χ0v) is 12.3. The number of aliphatic carboxylic acids is 1. The van der Waals surface area contributed by atoms with Crippen LogP contribution < -0.4 is 0 Å². The first-order valence-electron chi connectivity index (χ1n) is 6.62. The Morgan fingerprint density at radius 1 is 1.27 bits per heavy atom. The summed E-state index contributed by atoms with van der Waals surface area (Å²) in [5.41, 5.74) is 0.599. The highest BCUT2D eigenvalue weighted by atomic mass is 19.1. The van der Waals surface area contributed by atoms with Gasteiger partial charge in [0.1, 0.15) is 5.82 Å². The summed E-state index contributed by atoms with van der Waals surface area (Å²) >= 11 is 0. The molecule has 0 radical (unpaired) electrons. The summed E-state index contributed by atoms with van der Waals surface area (Å²) < 4.78 is 12.9. The summed E-state index contributed by atoms with van der Waals surface area (Å²) in [6.07, 6.45) is 0.562. The van der Waals surface area contributed by atoms with Crippen LogP contribution in [0.1, 0.15) is 19.4 Å². The Labute approximate surface area is 127 Å². The van der Waals surface area contributed by atoms with E-state index < -0.39 is 23.5 Å². The van der Waals surface area contributed by atoms with Crippen LogP contribution in [0.4, 0.5) is 4.39 Å². The van der Waals surface area contributed by atoms with Crippen LogP contribution in [0, 0.1) is 11.7 Å². The first-order valence-corrected chi connectivity index (χ1v) is 6.62. The lowest BCUT2D eigenvalue weighted by Crippen LogP contribution is -2.31. The second kappa shape index (κ2) is 8.14. The van der Waals surface area contributed by atoms with Crippen molar-refractivity contribution < 1.29 is 29.0 Å². The smallest absolute Gasteiger partial charge is 0.371 e. The van der Waals surface area contributed by atoms with Gasteiger partial charge in [0.05, 0.1) is 19.2 Å². The molecule has 1 rings (SSSR count). The van der Waals surface area contributed by atoms with Gasteiger partial charge in [-0.3, -0.25) is 9.63 Å². The van der Waals surface area contributed by atoms with Crippen LogP contribution in [0.2, 0.25) is 0 Å². The zero-order chi connectivity index (χ0) is 16.7. The van der Waals surface area contributed by atoms with Crippen LogP contribution in [-0.2, 0) is 21.0 Å². The maximum Gasteiger partial charge on any atom is 0.371 e. The molecule has 0 atom stereocenters. The van der Waals surface area contributed by atoms with Crippen molar-refractivity contribution >= 4 is 11.9 Å². The van der Waals surface area contributed by atoms with Crippen molar-refractivity contribution in [2.75, 3.05) is 6.61 Å². The van der Waals surface area contributed by atoms with Gasteiger partial charge in [-0.25, -0.2) is 14.2 Å². The second-order valence-corrected chi connectivity index (χ2v) is 5.03. The number of aliphatic hydroxyl groups is 1. The highest BCUT2D eigenvalue weighted by Crippen LogP contribution is 2.10. The van der Waals surface area contributed by atoms with E-state index in [1.54, 1.807) is 0 Å². The largest absolute Gasteiger partial charge is 0.502 e. The van der Waals surface area contributed by atoms with Crippen molar-refractivity contribution in [1.82, 2.24) is 5.06 Å². The first-order chi connectivity index (χ1) is 10.3. The van der Waals surface area contributed by atoms with E-state index >= 15 is 0 Å². The lowest BCUT2D eigenvalue weighted by atomic mass is 10.2. The second-order valence-electron chi connectivity index (χ2n) is 5.03. The molecule has 2 N–H and O–H groups in total. The first kappa shape index (κ1) is 17.6. The summed E-state index contributed by atoms with van der Waals surface area (Å²) in [6, 6.07) is 5.44. The number of carbonyl (C=O) groups excluding carboxylic acids is 1. The van der Waals surface area contributed by atoms with Crippen molar-refractivity contribution in [3.05, 3.63) is 47.5 Å². The summed E-state index contributed by atoms with van der Waals surface area (Å²) in [4.78, 5) is 27.8. The maximum atomic E-state index is 12.9. The number of halogens is 1. The molecule has 7 heteroatoms. The van der Waals surface area contributed by atoms with E-state index in [9.17, 15) is 14.0 Å². The van der Waals surface area contributed by atoms with E-state index in [1.807, 2.05) is 13.8 Å². The Hall–Kier alpha value is -2.41. The normalized spacial score (nSPS) is 11.5. The molecule has 0 bridgehead atoms. The molecule has 0 aliphatic rings. The molecule has 0 fully saturated rings. The Morgan fingerprint density at radius 2 is 1.86 bits per heavy atom. The Bertz CT molecular complexity index is 554. The van der Waals surface area contributed by atoms with Crippen LogP contribution in [0.3, 0.4) is 0 Å². The minimum Gasteiger partial charge on any atom is -0.502 e. The monoisotopic (exact) mass is 311 g/mol. The Kier molecular flexibility index (Phi) is 6.52. The molecule has 6 nitrogen and oxygen atoms in total. The fourth-order valence-corrected chi connectivity index (χ4v) is 1.43. The fourth-order valence-electron chi connectivity index (χ4n) is 1.43. The number of amides is 1. The number of hydroxylamine groups is 2. The quantitative estimate of drug-likeness (QED) is 0.458. The average molecular weight is 311 g/mol. The van der Waals surface area contributed by atoms with Crippen LogP contribution >= 0.6 is 0 Å². The van der Waals surface area contributed by atoms with Crippen molar-refractivity contribution in [2.45, 2.75) is 20.4 Å². The molecule has 0 unspecified atom stereocenters. The number of carboxylic acids is 1. The van der Waals surface area contributed by atoms with Gasteiger partial charge >= 0.3 is 5.97 Å². The molecule has 0 heterocycles. The molecule has 0 aromatic heterocycles.